The molecule has 106 valence electrons. The third-order valence-electron chi connectivity index (χ3n) is 3.26. The molecule has 1 aromatic rings. The molecule has 0 spiro atoms. The molecule has 0 atom stereocenters. The lowest BCUT2D eigenvalue weighted by molar-refractivity contribution is 0.477. The number of halogens is 1. The van der Waals surface area contributed by atoms with Crippen molar-refractivity contribution < 1.29 is 8.42 Å². The Morgan fingerprint density at radius 1 is 1.32 bits per heavy atom. The average molecular weight is 347 g/mol. The zero-order chi connectivity index (χ0) is 13.9. The highest BCUT2D eigenvalue weighted by atomic mass is 79.9. The number of nitrogens with one attached hydrogen (secondary N) is 1. The van der Waals surface area contributed by atoms with Gasteiger partial charge in [-0.3, -0.25) is 0 Å². The summed E-state index contributed by atoms with van der Waals surface area (Å²) in [5.74, 6) is 0. The molecule has 1 fully saturated rings. The molecule has 0 unspecified atom stereocenters. The highest BCUT2D eigenvalue weighted by Crippen LogP contribution is 2.28. The lowest BCUT2D eigenvalue weighted by Gasteiger charge is -2.17. The molecule has 0 saturated carbocycles. The summed E-state index contributed by atoms with van der Waals surface area (Å²) in [5.41, 5.74) is 0.989. The number of hydrogen-bond acceptors (Lipinski definition) is 3. The molecule has 0 amide bonds. The Balaban J connectivity index is 2.31. The van der Waals surface area contributed by atoms with Gasteiger partial charge in [0.25, 0.3) is 0 Å². The second-order valence-corrected chi connectivity index (χ2v) is 7.42. The first-order valence-electron chi connectivity index (χ1n) is 6.55. The van der Waals surface area contributed by atoms with Crippen LogP contribution in [0.2, 0.25) is 0 Å². The Hall–Kier alpha value is -0.430. The van der Waals surface area contributed by atoms with Gasteiger partial charge in [0.15, 0.2) is 0 Å². The van der Waals surface area contributed by atoms with Crippen LogP contribution in [0, 0.1) is 0 Å². The van der Waals surface area contributed by atoms with E-state index >= 15 is 0 Å². The van der Waals surface area contributed by atoms with E-state index in [2.05, 4.69) is 21.2 Å². The van der Waals surface area contributed by atoms with Crippen LogP contribution in [0.1, 0.15) is 25.3 Å². The Morgan fingerprint density at radius 3 is 2.63 bits per heavy atom. The van der Waals surface area contributed by atoms with Gasteiger partial charge < -0.3 is 5.32 Å². The van der Waals surface area contributed by atoms with Gasteiger partial charge in [-0.05, 0) is 53.0 Å². The Bertz CT molecular complexity index is 540. The summed E-state index contributed by atoms with van der Waals surface area (Å²) in [6.07, 6.45) is 1.90. The van der Waals surface area contributed by atoms with Gasteiger partial charge in [-0.15, -0.1) is 0 Å². The molecule has 1 saturated heterocycles. The summed E-state index contributed by atoms with van der Waals surface area (Å²) in [6.45, 7) is 4.84. The first kappa shape index (κ1) is 15.0. The fourth-order valence-electron chi connectivity index (χ4n) is 2.19. The number of nitrogens with zero attached hydrogens (tertiary/aromatic N) is 1. The minimum atomic E-state index is -3.36. The van der Waals surface area contributed by atoms with Gasteiger partial charge in [-0.2, -0.15) is 4.31 Å². The van der Waals surface area contributed by atoms with Crippen LogP contribution in [0.4, 0.5) is 0 Å². The van der Waals surface area contributed by atoms with Crippen molar-refractivity contribution in [3.63, 3.8) is 0 Å². The average Bonchev–Trinajstić information content (AvgIpc) is 2.92. The van der Waals surface area contributed by atoms with Crippen LogP contribution in [0.5, 0.6) is 0 Å². The fraction of sp³-hybridized carbons (Fsp3) is 0.538. The van der Waals surface area contributed by atoms with E-state index in [4.69, 9.17) is 0 Å². The zero-order valence-electron chi connectivity index (χ0n) is 11.0. The Labute approximate surface area is 123 Å². The third kappa shape index (κ3) is 3.37. The minimum absolute atomic E-state index is 0.379. The first-order chi connectivity index (χ1) is 9.05. The third-order valence-corrected chi connectivity index (χ3v) is 6.15. The maximum Gasteiger partial charge on any atom is 0.244 e. The monoisotopic (exact) mass is 346 g/mol. The second-order valence-electron chi connectivity index (χ2n) is 4.66. The predicted octanol–water partition coefficient (Wildman–Crippen LogP) is 2.34. The smallest absolute Gasteiger partial charge is 0.244 e. The molecule has 19 heavy (non-hydrogen) atoms. The SMILES string of the molecule is CCNCc1ccc(Br)c(S(=O)(=O)N2CCCC2)c1. The van der Waals surface area contributed by atoms with Gasteiger partial charge in [0.2, 0.25) is 10.0 Å². The lowest BCUT2D eigenvalue weighted by atomic mass is 10.2. The largest absolute Gasteiger partial charge is 0.313 e. The lowest BCUT2D eigenvalue weighted by Crippen LogP contribution is -2.28. The number of rotatable bonds is 5. The van der Waals surface area contributed by atoms with Gasteiger partial charge in [0.1, 0.15) is 0 Å². The minimum Gasteiger partial charge on any atom is -0.313 e. The summed E-state index contributed by atoms with van der Waals surface area (Å²) in [4.78, 5) is 0.379. The van der Waals surface area contributed by atoms with E-state index in [1.165, 1.54) is 0 Å². The van der Waals surface area contributed by atoms with Crippen molar-refractivity contribution >= 4 is 26.0 Å². The van der Waals surface area contributed by atoms with E-state index in [1.807, 2.05) is 19.1 Å². The summed E-state index contributed by atoms with van der Waals surface area (Å²) < 4.78 is 27.3. The van der Waals surface area contributed by atoms with E-state index in [0.717, 1.165) is 24.9 Å². The molecule has 0 radical (unpaired) electrons. The number of benzene rings is 1. The van der Waals surface area contributed by atoms with Crippen LogP contribution in [-0.4, -0.2) is 32.4 Å². The highest BCUT2D eigenvalue weighted by molar-refractivity contribution is 9.10. The summed E-state index contributed by atoms with van der Waals surface area (Å²) in [6, 6.07) is 5.52. The standard InChI is InChI=1S/C13H19BrN2O2S/c1-2-15-10-11-5-6-12(14)13(9-11)19(17,18)16-7-3-4-8-16/h5-6,9,15H,2-4,7-8,10H2,1H3. The topological polar surface area (TPSA) is 49.4 Å². The molecular formula is C13H19BrN2O2S. The summed E-state index contributed by atoms with van der Waals surface area (Å²) >= 11 is 3.36. The van der Waals surface area contributed by atoms with Crippen molar-refractivity contribution in [2.24, 2.45) is 0 Å². The maximum atomic E-state index is 12.6. The molecule has 0 bridgehead atoms. The summed E-state index contributed by atoms with van der Waals surface area (Å²) in [5, 5.41) is 3.21. The molecule has 1 heterocycles. The maximum absolute atomic E-state index is 12.6. The molecule has 2 rings (SSSR count). The van der Waals surface area contributed by atoms with Crippen molar-refractivity contribution in [1.29, 1.82) is 0 Å². The van der Waals surface area contributed by atoms with Gasteiger partial charge in [0.05, 0.1) is 4.90 Å². The van der Waals surface area contributed by atoms with E-state index in [0.29, 0.717) is 29.0 Å². The van der Waals surface area contributed by atoms with Crippen molar-refractivity contribution in [3.8, 4) is 0 Å². The number of hydrogen-bond donors (Lipinski definition) is 1. The Kier molecular flexibility index (Phi) is 5.00. The van der Waals surface area contributed by atoms with Gasteiger partial charge in [0, 0.05) is 24.1 Å². The Morgan fingerprint density at radius 2 is 2.00 bits per heavy atom. The van der Waals surface area contributed by atoms with Crippen molar-refractivity contribution in [2.75, 3.05) is 19.6 Å². The highest BCUT2D eigenvalue weighted by Gasteiger charge is 2.28. The van der Waals surface area contributed by atoms with Crippen LogP contribution >= 0.6 is 15.9 Å². The van der Waals surface area contributed by atoms with E-state index in [1.54, 1.807) is 10.4 Å². The first-order valence-corrected chi connectivity index (χ1v) is 8.78. The van der Waals surface area contributed by atoms with Crippen LogP contribution < -0.4 is 5.32 Å². The number of sulfonamides is 1. The van der Waals surface area contributed by atoms with Crippen molar-refractivity contribution in [3.05, 3.63) is 28.2 Å². The second kappa shape index (κ2) is 6.35. The van der Waals surface area contributed by atoms with Crippen LogP contribution in [0.15, 0.2) is 27.6 Å². The van der Waals surface area contributed by atoms with Crippen molar-refractivity contribution in [1.82, 2.24) is 9.62 Å². The molecular weight excluding hydrogens is 328 g/mol. The molecule has 6 heteroatoms. The van der Waals surface area contributed by atoms with Gasteiger partial charge in [-0.25, -0.2) is 8.42 Å². The predicted molar refractivity (Wildman–Crippen MR) is 79.5 cm³/mol. The normalized spacial score (nSPS) is 16.9. The van der Waals surface area contributed by atoms with E-state index in [9.17, 15) is 8.42 Å². The van der Waals surface area contributed by atoms with Crippen LogP contribution in [-0.2, 0) is 16.6 Å². The molecule has 1 N–H and O–H groups in total. The van der Waals surface area contributed by atoms with Crippen LogP contribution in [0.25, 0.3) is 0 Å². The van der Waals surface area contributed by atoms with E-state index in [-0.39, 0.29) is 0 Å². The molecule has 1 aromatic carbocycles. The molecule has 1 aliphatic rings. The van der Waals surface area contributed by atoms with E-state index < -0.39 is 10.0 Å². The fourth-order valence-corrected chi connectivity index (χ4v) is 4.68. The molecule has 0 aliphatic carbocycles. The van der Waals surface area contributed by atoms with Crippen LogP contribution in [0.3, 0.4) is 0 Å². The molecule has 0 aromatic heterocycles. The van der Waals surface area contributed by atoms with Crippen molar-refractivity contribution in [2.45, 2.75) is 31.2 Å². The van der Waals surface area contributed by atoms with Gasteiger partial charge in [-0.1, -0.05) is 13.0 Å². The molecule has 1 aliphatic heterocycles. The zero-order valence-corrected chi connectivity index (χ0v) is 13.4. The summed E-state index contributed by atoms with van der Waals surface area (Å²) in [7, 11) is -3.36. The quantitative estimate of drug-likeness (QED) is 0.890. The molecule has 4 nitrogen and oxygen atoms in total. The van der Waals surface area contributed by atoms with Gasteiger partial charge >= 0.3 is 0 Å².